The third-order valence-corrected chi connectivity index (χ3v) is 3.34. The van der Waals surface area contributed by atoms with Gasteiger partial charge in [-0.1, -0.05) is 12.1 Å². The van der Waals surface area contributed by atoms with Gasteiger partial charge in [0.25, 0.3) is 0 Å². The molecule has 4 nitrogen and oxygen atoms in total. The molecule has 0 spiro atoms. The molecule has 0 saturated carbocycles. The monoisotopic (exact) mass is 272 g/mol. The summed E-state index contributed by atoms with van der Waals surface area (Å²) in [6, 6.07) is 7.21. The van der Waals surface area contributed by atoms with Crippen LogP contribution in [0.4, 0.5) is 5.69 Å². The van der Waals surface area contributed by atoms with E-state index in [-0.39, 0.29) is 17.1 Å². The van der Waals surface area contributed by atoms with Gasteiger partial charge in [-0.25, -0.2) is 0 Å². The Morgan fingerprint density at radius 1 is 1.35 bits per heavy atom. The van der Waals surface area contributed by atoms with Crippen LogP contribution in [0.2, 0.25) is 0 Å². The first kappa shape index (κ1) is 14.3. The molecule has 0 radical (unpaired) electrons. The Hall–Kier alpha value is -2.10. The lowest BCUT2D eigenvalue weighted by Gasteiger charge is -2.44. The van der Waals surface area contributed by atoms with Crippen molar-refractivity contribution in [1.82, 2.24) is 4.90 Å². The Balaban J connectivity index is 2.17. The third kappa shape index (κ3) is 2.74. The fourth-order valence-corrected chi connectivity index (χ4v) is 2.16. The molecule has 1 amide bonds. The zero-order valence-corrected chi connectivity index (χ0v) is 12.4. The van der Waals surface area contributed by atoms with Crippen LogP contribution in [0.1, 0.15) is 24.2 Å². The minimum absolute atomic E-state index is 0.0622. The topological polar surface area (TPSA) is 40.6 Å². The van der Waals surface area contributed by atoms with Gasteiger partial charge in [0.1, 0.15) is 0 Å². The minimum Gasteiger partial charge on any atom is -0.383 e. The molecule has 0 aromatic heterocycles. The van der Waals surface area contributed by atoms with Crippen molar-refractivity contribution < 1.29 is 9.59 Å². The predicted molar refractivity (Wildman–Crippen MR) is 79.7 cm³/mol. The Morgan fingerprint density at radius 2 is 2.05 bits per heavy atom. The summed E-state index contributed by atoms with van der Waals surface area (Å²) >= 11 is 0. The van der Waals surface area contributed by atoms with Crippen molar-refractivity contribution in [2.75, 3.05) is 25.5 Å². The van der Waals surface area contributed by atoms with E-state index in [4.69, 9.17) is 0 Å². The number of hydrogen-bond acceptors (Lipinski definition) is 3. The average Bonchev–Trinajstić information content (AvgIpc) is 2.42. The fourth-order valence-electron chi connectivity index (χ4n) is 2.16. The van der Waals surface area contributed by atoms with Gasteiger partial charge in [-0.15, -0.1) is 0 Å². The molecule has 1 aromatic rings. The normalized spacial score (nSPS) is 17.2. The number of anilines is 1. The van der Waals surface area contributed by atoms with Gasteiger partial charge in [-0.05, 0) is 26.0 Å². The molecule has 0 N–H and O–H groups in total. The van der Waals surface area contributed by atoms with E-state index >= 15 is 0 Å². The first-order valence-electron chi connectivity index (χ1n) is 6.62. The highest BCUT2D eigenvalue weighted by atomic mass is 16.2. The third-order valence-electron chi connectivity index (χ3n) is 3.34. The Bertz CT molecular complexity index is 574. The van der Waals surface area contributed by atoms with E-state index < -0.39 is 0 Å². The van der Waals surface area contributed by atoms with Gasteiger partial charge < -0.3 is 9.80 Å². The van der Waals surface area contributed by atoms with Crippen LogP contribution in [0.15, 0.2) is 36.5 Å². The number of benzene rings is 1. The predicted octanol–water partition coefficient (Wildman–Crippen LogP) is 2.32. The van der Waals surface area contributed by atoms with E-state index in [1.165, 1.54) is 6.08 Å². The summed E-state index contributed by atoms with van der Waals surface area (Å²) in [5, 5.41) is 0. The van der Waals surface area contributed by atoms with Crippen LogP contribution in [0.3, 0.4) is 0 Å². The molecule has 0 bridgehead atoms. The Kier molecular flexibility index (Phi) is 3.66. The molecule has 1 saturated heterocycles. The van der Waals surface area contributed by atoms with Gasteiger partial charge in [0.2, 0.25) is 5.91 Å². The zero-order chi connectivity index (χ0) is 14.9. The molecule has 1 aliphatic heterocycles. The lowest BCUT2D eigenvalue weighted by atomic mass is 9.82. The van der Waals surface area contributed by atoms with Gasteiger partial charge in [-0.2, -0.15) is 0 Å². The zero-order valence-electron chi connectivity index (χ0n) is 12.4. The molecule has 1 aromatic carbocycles. The highest BCUT2D eigenvalue weighted by Gasteiger charge is 2.44. The lowest BCUT2D eigenvalue weighted by Crippen LogP contribution is -2.58. The molecule has 106 valence electrons. The van der Waals surface area contributed by atoms with Crippen LogP contribution in [0, 0.1) is 5.41 Å². The largest absolute Gasteiger partial charge is 0.383 e. The fraction of sp³-hybridized carbons (Fsp3) is 0.375. The van der Waals surface area contributed by atoms with Gasteiger partial charge in [0.15, 0.2) is 5.78 Å². The maximum atomic E-state index is 12.0. The Morgan fingerprint density at radius 3 is 2.60 bits per heavy atom. The van der Waals surface area contributed by atoms with Crippen LogP contribution in [0.25, 0.3) is 0 Å². The first-order chi connectivity index (χ1) is 9.31. The molecule has 0 aliphatic carbocycles. The van der Waals surface area contributed by atoms with Crippen molar-refractivity contribution in [3.8, 4) is 0 Å². The molecule has 0 atom stereocenters. The highest BCUT2D eigenvalue weighted by molar-refractivity contribution is 6.07. The molecule has 1 aliphatic rings. The van der Waals surface area contributed by atoms with E-state index in [0.717, 1.165) is 5.69 Å². The molecule has 2 rings (SSSR count). The summed E-state index contributed by atoms with van der Waals surface area (Å²) < 4.78 is 0. The Labute approximate surface area is 119 Å². The van der Waals surface area contributed by atoms with Crippen LogP contribution in [-0.4, -0.2) is 37.2 Å². The number of ketones is 1. The lowest BCUT2D eigenvalue weighted by molar-refractivity contribution is -0.132. The van der Waals surface area contributed by atoms with E-state index in [2.05, 4.69) is 0 Å². The number of β-lactam (4-membered cyclic amide) rings is 1. The highest BCUT2D eigenvalue weighted by Crippen LogP contribution is 2.35. The smallest absolute Gasteiger partial charge is 0.234 e. The standard InChI is InChI=1S/C16H20N2O2/c1-16(2)11-18(15(16)20)13-7-5-6-12(10-13)14(19)8-9-17(3)4/h5-10H,11H2,1-4H3. The molecular formula is C16H20N2O2. The first-order valence-corrected chi connectivity index (χ1v) is 6.62. The second kappa shape index (κ2) is 5.12. The molecule has 4 heteroatoms. The summed E-state index contributed by atoms with van der Waals surface area (Å²) in [5.41, 5.74) is 1.10. The van der Waals surface area contributed by atoms with Crippen molar-refractivity contribution >= 4 is 17.4 Å². The van der Waals surface area contributed by atoms with Crippen LogP contribution in [-0.2, 0) is 4.79 Å². The number of rotatable bonds is 4. The SMILES string of the molecule is CN(C)C=CC(=O)c1cccc(N2CC(C)(C)C2=O)c1. The van der Waals surface area contributed by atoms with Crippen molar-refractivity contribution in [1.29, 1.82) is 0 Å². The average molecular weight is 272 g/mol. The van der Waals surface area contributed by atoms with E-state index in [1.54, 1.807) is 23.2 Å². The van der Waals surface area contributed by atoms with Gasteiger partial charge in [-0.3, -0.25) is 9.59 Å². The van der Waals surface area contributed by atoms with Crippen molar-refractivity contribution in [3.63, 3.8) is 0 Å². The summed E-state index contributed by atoms with van der Waals surface area (Å²) in [6.07, 6.45) is 3.24. The maximum Gasteiger partial charge on any atom is 0.234 e. The van der Waals surface area contributed by atoms with Crippen molar-refractivity contribution in [2.24, 2.45) is 5.41 Å². The molecule has 1 heterocycles. The summed E-state index contributed by atoms with van der Waals surface area (Å²) in [4.78, 5) is 27.5. The molecule has 0 unspecified atom stereocenters. The van der Waals surface area contributed by atoms with Crippen molar-refractivity contribution in [3.05, 3.63) is 42.1 Å². The summed E-state index contributed by atoms with van der Waals surface area (Å²) in [6.45, 7) is 4.55. The number of allylic oxidation sites excluding steroid dienone is 1. The molecule has 20 heavy (non-hydrogen) atoms. The second-order valence-corrected chi connectivity index (χ2v) is 5.97. The maximum absolute atomic E-state index is 12.0. The summed E-state index contributed by atoms with van der Waals surface area (Å²) in [7, 11) is 3.72. The number of hydrogen-bond donors (Lipinski definition) is 0. The van der Waals surface area contributed by atoms with E-state index in [0.29, 0.717) is 12.1 Å². The van der Waals surface area contributed by atoms with Crippen molar-refractivity contribution in [2.45, 2.75) is 13.8 Å². The molecular weight excluding hydrogens is 252 g/mol. The van der Waals surface area contributed by atoms with Crippen LogP contribution >= 0.6 is 0 Å². The van der Waals surface area contributed by atoms with Crippen LogP contribution in [0.5, 0.6) is 0 Å². The van der Waals surface area contributed by atoms with E-state index in [9.17, 15) is 9.59 Å². The second-order valence-electron chi connectivity index (χ2n) is 5.97. The van der Waals surface area contributed by atoms with Gasteiger partial charge >= 0.3 is 0 Å². The van der Waals surface area contributed by atoms with Gasteiger partial charge in [0, 0.05) is 44.2 Å². The van der Waals surface area contributed by atoms with Gasteiger partial charge in [0.05, 0.1) is 5.41 Å². The number of amides is 1. The number of carbonyl (C=O) groups is 2. The minimum atomic E-state index is -0.287. The quantitative estimate of drug-likeness (QED) is 0.480. The number of nitrogens with zero attached hydrogens (tertiary/aromatic N) is 2. The van der Waals surface area contributed by atoms with Crippen LogP contribution < -0.4 is 4.90 Å². The number of carbonyl (C=O) groups excluding carboxylic acids is 2. The summed E-state index contributed by atoms with van der Waals surface area (Å²) in [5.74, 6) is 0.0405. The van der Waals surface area contributed by atoms with E-state index in [1.807, 2.05) is 45.0 Å². The molecule has 1 fully saturated rings.